The summed E-state index contributed by atoms with van der Waals surface area (Å²) in [6, 6.07) is 9.46. The molecule has 0 heterocycles. The quantitative estimate of drug-likeness (QED) is 0.764. The third-order valence-electron chi connectivity index (χ3n) is 1.86. The van der Waals surface area contributed by atoms with Crippen LogP contribution in [0.25, 0.3) is 0 Å². The Kier molecular flexibility index (Phi) is 4.07. The Morgan fingerprint density at radius 3 is 2.47 bits per heavy atom. The van der Waals surface area contributed by atoms with Crippen molar-refractivity contribution in [2.45, 2.75) is 0 Å². The first-order valence-electron chi connectivity index (χ1n) is 4.37. The number of rotatable bonds is 5. The smallest absolute Gasteiger partial charge is 0.372 e. The first kappa shape index (κ1) is 12.0. The molecular formula is C9H13NO4S. The molecule has 0 radical (unpaired) electrons. The van der Waals surface area contributed by atoms with Crippen molar-refractivity contribution in [2.75, 3.05) is 25.1 Å². The lowest BCUT2D eigenvalue weighted by molar-refractivity contribution is 0.274. The Bertz CT molecular complexity index is 390. The van der Waals surface area contributed by atoms with Crippen molar-refractivity contribution in [3.8, 4) is 0 Å². The molecule has 0 spiro atoms. The molecule has 0 unspecified atom stereocenters. The summed E-state index contributed by atoms with van der Waals surface area (Å²) in [6.45, 7) is 0.300. The van der Waals surface area contributed by atoms with Crippen molar-refractivity contribution >= 4 is 16.1 Å². The van der Waals surface area contributed by atoms with E-state index < -0.39 is 10.4 Å². The normalized spacial score (nSPS) is 11.3. The van der Waals surface area contributed by atoms with Gasteiger partial charge < -0.3 is 4.90 Å². The fraction of sp³-hybridized carbons (Fsp3) is 0.333. The molecule has 0 bridgehead atoms. The van der Waals surface area contributed by atoms with Gasteiger partial charge in [-0.2, -0.15) is 8.42 Å². The second-order valence-corrected chi connectivity index (χ2v) is 4.10. The predicted molar refractivity (Wildman–Crippen MR) is 57.2 cm³/mol. The summed E-state index contributed by atoms with van der Waals surface area (Å²) in [4.78, 5) is 1.82. The van der Waals surface area contributed by atoms with Crippen molar-refractivity contribution in [1.82, 2.24) is 0 Å². The van der Waals surface area contributed by atoms with E-state index in [9.17, 15) is 8.42 Å². The molecule has 0 atom stereocenters. The van der Waals surface area contributed by atoms with E-state index in [0.29, 0.717) is 6.54 Å². The Balaban J connectivity index is 2.41. The summed E-state index contributed by atoms with van der Waals surface area (Å²) in [5, 5.41) is 0. The minimum Gasteiger partial charge on any atom is -0.372 e. The fourth-order valence-electron chi connectivity index (χ4n) is 1.09. The molecule has 15 heavy (non-hydrogen) atoms. The van der Waals surface area contributed by atoms with Crippen molar-refractivity contribution in [3.05, 3.63) is 30.3 Å². The van der Waals surface area contributed by atoms with Crippen LogP contribution in [-0.4, -0.2) is 33.2 Å². The molecule has 0 saturated carbocycles. The molecule has 84 valence electrons. The molecule has 1 N–H and O–H groups in total. The maximum absolute atomic E-state index is 10.3. The predicted octanol–water partition coefficient (Wildman–Crippen LogP) is 0.942. The number of hydrogen-bond donors (Lipinski definition) is 1. The lowest BCUT2D eigenvalue weighted by atomic mass is 10.3. The molecule has 0 amide bonds. The summed E-state index contributed by atoms with van der Waals surface area (Å²) >= 11 is 0. The van der Waals surface area contributed by atoms with Gasteiger partial charge in [0, 0.05) is 19.3 Å². The van der Waals surface area contributed by atoms with E-state index in [1.54, 1.807) is 0 Å². The minimum atomic E-state index is -4.33. The Morgan fingerprint density at radius 2 is 1.93 bits per heavy atom. The van der Waals surface area contributed by atoms with Gasteiger partial charge in [-0.25, -0.2) is 4.18 Å². The van der Waals surface area contributed by atoms with E-state index in [1.807, 2.05) is 42.3 Å². The van der Waals surface area contributed by atoms with Gasteiger partial charge in [0.15, 0.2) is 0 Å². The van der Waals surface area contributed by atoms with E-state index in [-0.39, 0.29) is 6.61 Å². The molecule has 0 aromatic heterocycles. The Hall–Kier alpha value is -1.11. The summed E-state index contributed by atoms with van der Waals surface area (Å²) in [5.41, 5.74) is 0.955. The fourth-order valence-corrected chi connectivity index (χ4v) is 1.38. The Labute approximate surface area is 89.2 Å². The second kappa shape index (κ2) is 5.11. The number of nitrogens with zero attached hydrogens (tertiary/aromatic N) is 1. The van der Waals surface area contributed by atoms with Crippen LogP contribution >= 0.6 is 0 Å². The zero-order chi connectivity index (χ0) is 11.3. The molecule has 1 aromatic rings. The van der Waals surface area contributed by atoms with Crippen LogP contribution in [0.4, 0.5) is 5.69 Å². The van der Waals surface area contributed by atoms with Crippen LogP contribution in [0.5, 0.6) is 0 Å². The highest BCUT2D eigenvalue weighted by atomic mass is 32.3. The highest BCUT2D eigenvalue weighted by Gasteiger charge is 2.05. The van der Waals surface area contributed by atoms with Crippen molar-refractivity contribution in [1.29, 1.82) is 0 Å². The molecule has 0 fully saturated rings. The standard InChI is InChI=1S/C9H13NO4S/c1-10(7-8-14-15(11,12)13)9-5-3-2-4-6-9/h2-6H,7-8H2,1H3,(H,11,12,13). The van der Waals surface area contributed by atoms with Crippen molar-refractivity contribution in [2.24, 2.45) is 0 Å². The molecular weight excluding hydrogens is 218 g/mol. The molecule has 1 rings (SSSR count). The third-order valence-corrected chi connectivity index (χ3v) is 2.32. The molecule has 1 aromatic carbocycles. The van der Waals surface area contributed by atoms with Crippen LogP contribution in [0.1, 0.15) is 0 Å². The first-order valence-corrected chi connectivity index (χ1v) is 5.73. The number of benzene rings is 1. The molecule has 5 nitrogen and oxygen atoms in total. The monoisotopic (exact) mass is 231 g/mol. The van der Waals surface area contributed by atoms with E-state index in [4.69, 9.17) is 4.55 Å². The van der Waals surface area contributed by atoms with Gasteiger partial charge in [0.25, 0.3) is 0 Å². The number of likely N-dealkylation sites (N-methyl/N-ethyl adjacent to an activating group) is 1. The Morgan fingerprint density at radius 1 is 1.33 bits per heavy atom. The average Bonchev–Trinajstić information content (AvgIpc) is 2.17. The lowest BCUT2D eigenvalue weighted by Crippen LogP contribution is -2.23. The van der Waals surface area contributed by atoms with Crippen LogP contribution in [0.3, 0.4) is 0 Å². The van der Waals surface area contributed by atoms with Crippen LogP contribution in [0.15, 0.2) is 30.3 Å². The molecule has 0 aliphatic carbocycles. The average molecular weight is 231 g/mol. The summed E-state index contributed by atoms with van der Waals surface area (Å²) in [7, 11) is -2.52. The van der Waals surface area contributed by atoms with Gasteiger partial charge in [0.2, 0.25) is 0 Å². The van der Waals surface area contributed by atoms with E-state index in [1.165, 1.54) is 0 Å². The lowest BCUT2D eigenvalue weighted by Gasteiger charge is -2.18. The van der Waals surface area contributed by atoms with Gasteiger partial charge in [-0.15, -0.1) is 0 Å². The zero-order valence-corrected chi connectivity index (χ0v) is 9.14. The summed E-state index contributed by atoms with van der Waals surface area (Å²) in [5.74, 6) is 0. The number of anilines is 1. The van der Waals surface area contributed by atoms with E-state index in [0.717, 1.165) is 5.69 Å². The maximum Gasteiger partial charge on any atom is 0.397 e. The van der Waals surface area contributed by atoms with Crippen LogP contribution in [0.2, 0.25) is 0 Å². The summed E-state index contributed by atoms with van der Waals surface area (Å²) in [6.07, 6.45) is 0. The molecule has 0 aliphatic heterocycles. The van der Waals surface area contributed by atoms with Gasteiger partial charge >= 0.3 is 10.4 Å². The van der Waals surface area contributed by atoms with Gasteiger partial charge in [-0.3, -0.25) is 4.55 Å². The molecule has 0 saturated heterocycles. The van der Waals surface area contributed by atoms with Crippen LogP contribution in [-0.2, 0) is 14.6 Å². The first-order chi connectivity index (χ1) is 6.99. The van der Waals surface area contributed by atoms with Gasteiger partial charge in [-0.05, 0) is 12.1 Å². The zero-order valence-electron chi connectivity index (χ0n) is 8.33. The largest absolute Gasteiger partial charge is 0.397 e. The van der Waals surface area contributed by atoms with Gasteiger partial charge in [-0.1, -0.05) is 18.2 Å². The molecule has 0 aliphatic rings. The number of para-hydroxylation sites is 1. The minimum absolute atomic E-state index is 0.0791. The topological polar surface area (TPSA) is 66.8 Å². The van der Waals surface area contributed by atoms with Crippen molar-refractivity contribution in [3.63, 3.8) is 0 Å². The van der Waals surface area contributed by atoms with Crippen LogP contribution in [0, 0.1) is 0 Å². The third kappa shape index (κ3) is 4.78. The number of hydrogen-bond acceptors (Lipinski definition) is 4. The maximum atomic E-state index is 10.3. The molecule has 6 heteroatoms. The summed E-state index contributed by atoms with van der Waals surface area (Å²) < 4.78 is 33.1. The van der Waals surface area contributed by atoms with E-state index >= 15 is 0 Å². The second-order valence-electron chi connectivity index (χ2n) is 3.01. The van der Waals surface area contributed by atoms with Gasteiger partial charge in [0.05, 0.1) is 6.61 Å². The van der Waals surface area contributed by atoms with Crippen molar-refractivity contribution < 1.29 is 17.2 Å². The van der Waals surface area contributed by atoms with Gasteiger partial charge in [0.1, 0.15) is 0 Å². The highest BCUT2D eigenvalue weighted by molar-refractivity contribution is 7.80. The SMILES string of the molecule is CN(CCOS(=O)(=O)O)c1ccccc1. The van der Waals surface area contributed by atoms with Crippen LogP contribution < -0.4 is 4.90 Å². The van der Waals surface area contributed by atoms with E-state index in [2.05, 4.69) is 4.18 Å². The highest BCUT2D eigenvalue weighted by Crippen LogP contribution is 2.10.